The number of amides is 2. The number of hydrogen-bond donors (Lipinski definition) is 2. The molecule has 1 aromatic carbocycles. The van der Waals surface area contributed by atoms with Gasteiger partial charge in [0.1, 0.15) is 0 Å². The van der Waals surface area contributed by atoms with Gasteiger partial charge in [0.2, 0.25) is 5.78 Å². The van der Waals surface area contributed by atoms with Gasteiger partial charge < -0.3 is 10.6 Å². The lowest BCUT2D eigenvalue weighted by atomic mass is 10.00. The third-order valence-electron chi connectivity index (χ3n) is 4.63. The Morgan fingerprint density at radius 3 is 2.52 bits per heavy atom. The van der Waals surface area contributed by atoms with Crippen molar-refractivity contribution in [1.82, 2.24) is 10.6 Å². The molecule has 2 amide bonds. The lowest BCUT2D eigenvalue weighted by molar-refractivity contribution is -0.139. The number of benzene rings is 1. The van der Waals surface area contributed by atoms with Crippen molar-refractivity contribution in [3.8, 4) is 0 Å². The summed E-state index contributed by atoms with van der Waals surface area (Å²) in [7, 11) is 0. The summed E-state index contributed by atoms with van der Waals surface area (Å²) in [5.41, 5.74) is 1.61. The molecule has 1 unspecified atom stereocenters. The number of hydrogen-bond acceptors (Lipinski definition) is 3. The lowest BCUT2D eigenvalue weighted by Gasteiger charge is -2.18. The van der Waals surface area contributed by atoms with Gasteiger partial charge in [0.15, 0.2) is 0 Å². The van der Waals surface area contributed by atoms with Gasteiger partial charge in [-0.3, -0.25) is 14.4 Å². The first-order valence-electron chi connectivity index (χ1n) is 9.34. The van der Waals surface area contributed by atoms with Gasteiger partial charge in [0.05, 0.1) is 6.04 Å². The molecule has 2 N–H and O–H groups in total. The van der Waals surface area contributed by atoms with Gasteiger partial charge >= 0.3 is 0 Å². The Kier molecular flexibility index (Phi) is 7.64. The third-order valence-corrected chi connectivity index (χ3v) is 4.63. The van der Waals surface area contributed by atoms with Crippen LogP contribution in [0.5, 0.6) is 0 Å². The lowest BCUT2D eigenvalue weighted by Crippen LogP contribution is -2.47. The Hall–Kier alpha value is -2.17. The predicted molar refractivity (Wildman–Crippen MR) is 97.4 cm³/mol. The SMILES string of the molecule is CCNC(=O)C(=O)C1CCCCCCCCc2ccccc2C(=O)N1. The molecular formula is C20H28N2O3. The van der Waals surface area contributed by atoms with Gasteiger partial charge in [-0.15, -0.1) is 0 Å². The summed E-state index contributed by atoms with van der Waals surface area (Å²) in [6, 6.07) is 6.76. The average molecular weight is 344 g/mol. The Morgan fingerprint density at radius 1 is 1.08 bits per heavy atom. The molecular weight excluding hydrogens is 316 g/mol. The van der Waals surface area contributed by atoms with Crippen molar-refractivity contribution >= 4 is 17.6 Å². The summed E-state index contributed by atoms with van der Waals surface area (Å²) in [4.78, 5) is 37.0. The van der Waals surface area contributed by atoms with Crippen LogP contribution in [-0.4, -0.2) is 30.2 Å². The molecule has 0 aliphatic carbocycles. The fraction of sp³-hybridized carbons (Fsp3) is 0.550. The normalized spacial score (nSPS) is 19.4. The van der Waals surface area contributed by atoms with Crippen molar-refractivity contribution in [3.05, 3.63) is 35.4 Å². The molecule has 0 spiro atoms. The maximum absolute atomic E-state index is 12.7. The molecule has 0 saturated carbocycles. The van der Waals surface area contributed by atoms with Crippen LogP contribution in [0.15, 0.2) is 24.3 Å². The largest absolute Gasteiger partial charge is 0.350 e. The number of likely N-dealkylation sites (N-methyl/N-ethyl adjacent to an activating group) is 1. The van der Waals surface area contributed by atoms with Crippen LogP contribution in [-0.2, 0) is 16.0 Å². The van der Waals surface area contributed by atoms with E-state index in [4.69, 9.17) is 0 Å². The van der Waals surface area contributed by atoms with Gasteiger partial charge in [-0.25, -0.2) is 0 Å². The van der Waals surface area contributed by atoms with E-state index in [2.05, 4.69) is 10.6 Å². The first-order chi connectivity index (χ1) is 12.1. The first-order valence-corrected chi connectivity index (χ1v) is 9.34. The molecule has 1 aliphatic rings. The zero-order valence-electron chi connectivity index (χ0n) is 15.0. The van der Waals surface area contributed by atoms with Crippen LogP contribution in [0.1, 0.15) is 67.8 Å². The highest BCUT2D eigenvalue weighted by molar-refractivity contribution is 6.38. The molecule has 136 valence electrons. The van der Waals surface area contributed by atoms with Crippen LogP contribution >= 0.6 is 0 Å². The Balaban J connectivity index is 2.20. The highest BCUT2D eigenvalue weighted by atomic mass is 16.2. The van der Waals surface area contributed by atoms with E-state index in [9.17, 15) is 14.4 Å². The molecule has 1 atom stereocenters. The molecule has 1 heterocycles. The summed E-state index contributed by atoms with van der Waals surface area (Å²) in [6.07, 6.45) is 7.71. The quantitative estimate of drug-likeness (QED) is 0.828. The fourth-order valence-corrected chi connectivity index (χ4v) is 3.24. The van der Waals surface area contributed by atoms with Crippen LogP contribution < -0.4 is 10.6 Å². The second-order valence-corrected chi connectivity index (χ2v) is 6.57. The van der Waals surface area contributed by atoms with Crippen molar-refractivity contribution in [1.29, 1.82) is 0 Å². The van der Waals surface area contributed by atoms with Crippen LogP contribution in [0.25, 0.3) is 0 Å². The molecule has 5 nitrogen and oxygen atoms in total. The molecule has 1 aliphatic heterocycles. The van der Waals surface area contributed by atoms with Gasteiger partial charge in [0.25, 0.3) is 11.8 Å². The number of rotatable bonds is 3. The number of aryl methyl sites for hydroxylation is 1. The van der Waals surface area contributed by atoms with Crippen molar-refractivity contribution in [2.45, 2.75) is 64.3 Å². The van der Waals surface area contributed by atoms with Gasteiger partial charge in [-0.1, -0.05) is 50.3 Å². The van der Waals surface area contributed by atoms with E-state index in [0.29, 0.717) is 18.5 Å². The van der Waals surface area contributed by atoms with E-state index < -0.39 is 17.7 Å². The topological polar surface area (TPSA) is 75.3 Å². The van der Waals surface area contributed by atoms with Crippen LogP contribution in [0.4, 0.5) is 0 Å². The van der Waals surface area contributed by atoms with E-state index >= 15 is 0 Å². The molecule has 0 bridgehead atoms. The molecule has 1 aromatic rings. The molecule has 2 rings (SSSR count). The minimum Gasteiger partial charge on any atom is -0.350 e. The van der Waals surface area contributed by atoms with Crippen molar-refractivity contribution in [2.75, 3.05) is 6.54 Å². The number of nitrogens with one attached hydrogen (secondary N) is 2. The van der Waals surface area contributed by atoms with Gasteiger partial charge in [-0.2, -0.15) is 0 Å². The Bertz CT molecular complexity index is 613. The summed E-state index contributed by atoms with van der Waals surface area (Å²) in [5.74, 6) is -1.44. The molecule has 0 aromatic heterocycles. The number of carbonyl (C=O) groups is 3. The van der Waals surface area contributed by atoms with Gasteiger partial charge in [-0.05, 0) is 37.8 Å². The van der Waals surface area contributed by atoms with Crippen LogP contribution in [0.2, 0.25) is 0 Å². The summed E-state index contributed by atoms with van der Waals surface area (Å²) in [5, 5.41) is 5.33. The maximum Gasteiger partial charge on any atom is 0.289 e. The minimum absolute atomic E-state index is 0.266. The predicted octanol–water partition coefficient (Wildman–Crippen LogP) is 2.78. The number of ketones is 1. The smallest absolute Gasteiger partial charge is 0.289 e. The van der Waals surface area contributed by atoms with Gasteiger partial charge in [0, 0.05) is 12.1 Å². The molecule has 0 saturated heterocycles. The molecule has 0 radical (unpaired) electrons. The molecule has 0 fully saturated rings. The Morgan fingerprint density at radius 2 is 1.76 bits per heavy atom. The van der Waals surface area contributed by atoms with Crippen LogP contribution in [0.3, 0.4) is 0 Å². The fourth-order valence-electron chi connectivity index (χ4n) is 3.24. The van der Waals surface area contributed by atoms with Crippen LogP contribution in [0, 0.1) is 0 Å². The van der Waals surface area contributed by atoms with E-state index in [1.54, 1.807) is 13.0 Å². The van der Waals surface area contributed by atoms with Crippen molar-refractivity contribution in [2.24, 2.45) is 0 Å². The zero-order valence-corrected chi connectivity index (χ0v) is 15.0. The third kappa shape index (κ3) is 5.69. The first kappa shape index (κ1) is 19.2. The number of carbonyl (C=O) groups excluding carboxylic acids is 3. The number of Topliss-reactive ketones (excluding diaryl/α,β-unsaturated/α-hetero) is 1. The standard InChI is InChI=1S/C20H28N2O3/c1-2-21-20(25)18(23)17-14-8-6-4-3-5-7-11-15-12-9-10-13-16(15)19(24)22-17/h9-10,12-13,17H,2-8,11,14H2,1H3,(H,21,25)(H,22,24). The minimum atomic E-state index is -0.757. The summed E-state index contributed by atoms with van der Waals surface area (Å²) >= 11 is 0. The van der Waals surface area contributed by atoms with E-state index in [0.717, 1.165) is 44.1 Å². The maximum atomic E-state index is 12.7. The second-order valence-electron chi connectivity index (χ2n) is 6.57. The summed E-state index contributed by atoms with van der Waals surface area (Å²) < 4.78 is 0. The van der Waals surface area contributed by atoms with Crippen molar-refractivity contribution in [3.63, 3.8) is 0 Å². The zero-order chi connectivity index (χ0) is 18.1. The highest BCUT2D eigenvalue weighted by Gasteiger charge is 2.27. The molecule has 25 heavy (non-hydrogen) atoms. The van der Waals surface area contributed by atoms with Crippen molar-refractivity contribution < 1.29 is 14.4 Å². The summed E-state index contributed by atoms with van der Waals surface area (Å²) in [6.45, 7) is 2.17. The highest BCUT2D eigenvalue weighted by Crippen LogP contribution is 2.17. The van der Waals surface area contributed by atoms with E-state index in [1.807, 2.05) is 18.2 Å². The monoisotopic (exact) mass is 344 g/mol. The number of fused-ring (bicyclic) bond motifs is 1. The Labute approximate surface area is 149 Å². The average Bonchev–Trinajstić information content (AvgIpc) is 2.63. The van der Waals surface area contributed by atoms with E-state index in [1.165, 1.54) is 6.42 Å². The second kappa shape index (κ2) is 9.97. The van der Waals surface area contributed by atoms with E-state index in [-0.39, 0.29) is 5.91 Å². The molecule has 5 heteroatoms.